The molecule has 3 heterocycles. The molecule has 162 valence electrons. The second kappa shape index (κ2) is 8.47. The lowest BCUT2D eigenvalue weighted by Crippen LogP contribution is -2.41. The van der Waals surface area contributed by atoms with Gasteiger partial charge in [0.2, 0.25) is 16.0 Å². The molecular weight excluding hydrogens is 402 g/mol. The van der Waals surface area contributed by atoms with Gasteiger partial charge < -0.3 is 5.32 Å². The molecule has 1 N–H and O–H groups in total. The molecule has 0 bridgehead atoms. The van der Waals surface area contributed by atoms with Crippen molar-refractivity contribution >= 4 is 27.0 Å². The smallest absolute Gasteiger partial charge is 0.252 e. The van der Waals surface area contributed by atoms with E-state index in [2.05, 4.69) is 15.3 Å². The first-order valence-corrected chi connectivity index (χ1v) is 12.1. The van der Waals surface area contributed by atoms with E-state index in [1.54, 1.807) is 32.2 Å². The topological polar surface area (TPSA) is 97.2 Å². The average Bonchev–Trinajstić information content (AvgIpc) is 3.21. The zero-order chi connectivity index (χ0) is 21.3. The maximum Gasteiger partial charge on any atom is 0.252 e. The Morgan fingerprint density at radius 1 is 1.13 bits per heavy atom. The molecule has 0 radical (unpaired) electrons. The molecule has 4 rings (SSSR count). The van der Waals surface area contributed by atoms with Crippen LogP contribution in [-0.2, 0) is 10.0 Å². The van der Waals surface area contributed by atoms with Crippen LogP contribution >= 0.6 is 0 Å². The lowest BCUT2D eigenvalue weighted by atomic mass is 10.1. The van der Waals surface area contributed by atoms with Gasteiger partial charge in [0.25, 0.3) is 5.56 Å². The number of nitrogens with zero attached hydrogens (tertiary/aromatic N) is 4. The molecule has 2 fully saturated rings. The van der Waals surface area contributed by atoms with Crippen molar-refractivity contribution in [3.63, 3.8) is 0 Å². The number of anilines is 1. The summed E-state index contributed by atoms with van der Waals surface area (Å²) in [5.41, 5.74) is 1.43. The Labute approximate surface area is 177 Å². The van der Waals surface area contributed by atoms with Gasteiger partial charge in [-0.1, -0.05) is 18.4 Å². The number of piperidine rings is 1. The van der Waals surface area contributed by atoms with Gasteiger partial charge in [-0.3, -0.25) is 9.36 Å². The summed E-state index contributed by atoms with van der Waals surface area (Å²) in [5.74, 6) is 0.491. The fourth-order valence-electron chi connectivity index (χ4n) is 4.43. The zero-order valence-electron chi connectivity index (χ0n) is 17.5. The Bertz CT molecular complexity index is 1110. The number of aromatic nitrogens is 3. The van der Waals surface area contributed by atoms with Gasteiger partial charge in [0.05, 0.1) is 0 Å². The molecule has 9 heteroatoms. The van der Waals surface area contributed by atoms with Gasteiger partial charge in [-0.15, -0.1) is 0 Å². The Morgan fingerprint density at radius 3 is 2.50 bits per heavy atom. The Hall–Kier alpha value is -2.26. The lowest BCUT2D eigenvalue weighted by Gasteiger charge is -2.31. The van der Waals surface area contributed by atoms with Crippen LogP contribution in [0.25, 0.3) is 11.0 Å². The molecule has 1 aliphatic carbocycles. The first-order chi connectivity index (χ1) is 14.3. The number of sulfonamides is 1. The average molecular weight is 432 g/mol. The highest BCUT2D eigenvalue weighted by Gasteiger charge is 2.27. The van der Waals surface area contributed by atoms with Crippen LogP contribution in [0, 0.1) is 0 Å². The molecule has 1 saturated carbocycles. The molecule has 0 aromatic carbocycles. The summed E-state index contributed by atoms with van der Waals surface area (Å²) < 4.78 is 28.1. The third-order valence-electron chi connectivity index (χ3n) is 5.89. The van der Waals surface area contributed by atoms with Gasteiger partial charge in [-0.05, 0) is 45.6 Å². The predicted octanol–water partition coefficient (Wildman–Crippen LogP) is 3.04. The van der Waals surface area contributed by atoms with Gasteiger partial charge >= 0.3 is 0 Å². The molecule has 8 nitrogen and oxygen atoms in total. The minimum atomic E-state index is -3.35. The van der Waals surface area contributed by atoms with E-state index < -0.39 is 10.0 Å². The number of rotatable bonds is 5. The van der Waals surface area contributed by atoms with E-state index in [0.29, 0.717) is 37.5 Å². The summed E-state index contributed by atoms with van der Waals surface area (Å²) in [6.45, 7) is 4.50. The van der Waals surface area contributed by atoms with E-state index in [1.807, 2.05) is 4.57 Å². The Balaban J connectivity index is 1.51. The van der Waals surface area contributed by atoms with Crippen molar-refractivity contribution in [1.82, 2.24) is 18.8 Å². The first-order valence-electron chi connectivity index (χ1n) is 10.6. The maximum atomic E-state index is 12.5. The second-order valence-electron chi connectivity index (χ2n) is 8.51. The fraction of sp³-hybridized carbons (Fsp3) is 0.571. The molecule has 0 atom stereocenters. The SMILES string of the molecule is CC(C)=CS(=O)(=O)N1CCC(Nc2ncc3ccc(=O)n(C4CCCC4)c3n2)CC1. The van der Waals surface area contributed by atoms with Crippen LogP contribution < -0.4 is 10.9 Å². The molecule has 0 spiro atoms. The van der Waals surface area contributed by atoms with Crippen LogP contribution in [0.15, 0.2) is 34.1 Å². The molecule has 1 saturated heterocycles. The van der Waals surface area contributed by atoms with E-state index >= 15 is 0 Å². The van der Waals surface area contributed by atoms with Crippen molar-refractivity contribution in [1.29, 1.82) is 0 Å². The number of pyridine rings is 1. The van der Waals surface area contributed by atoms with E-state index in [1.165, 1.54) is 9.71 Å². The quantitative estimate of drug-likeness (QED) is 0.782. The zero-order valence-corrected chi connectivity index (χ0v) is 18.4. The Kier molecular flexibility index (Phi) is 5.92. The molecule has 2 aromatic rings. The second-order valence-corrected chi connectivity index (χ2v) is 10.3. The lowest BCUT2D eigenvalue weighted by molar-refractivity contribution is 0.332. The summed E-state index contributed by atoms with van der Waals surface area (Å²) in [4.78, 5) is 21.7. The van der Waals surface area contributed by atoms with E-state index in [9.17, 15) is 13.2 Å². The minimum absolute atomic E-state index is 0.0168. The standard InChI is InChI=1S/C21H29N5O3S/c1-15(2)14-30(28,29)25-11-9-17(10-12-25)23-21-22-13-16-7-8-19(27)26(20(16)24-21)18-5-3-4-6-18/h7-8,13-14,17-18H,3-6,9-12H2,1-2H3,(H,22,23,24). The normalized spacial score (nSPS) is 19.3. The summed E-state index contributed by atoms with van der Waals surface area (Å²) >= 11 is 0. The van der Waals surface area contributed by atoms with Crippen molar-refractivity contribution in [2.24, 2.45) is 0 Å². The number of hydrogen-bond donors (Lipinski definition) is 1. The van der Waals surface area contributed by atoms with Gasteiger partial charge in [0, 0.05) is 48.2 Å². The summed E-state index contributed by atoms with van der Waals surface area (Å²) in [5, 5.41) is 5.53. The summed E-state index contributed by atoms with van der Waals surface area (Å²) in [6.07, 6.45) is 7.40. The number of allylic oxidation sites excluding steroid dienone is 1. The van der Waals surface area contributed by atoms with E-state index in [-0.39, 0.29) is 17.6 Å². The van der Waals surface area contributed by atoms with Gasteiger partial charge in [-0.2, -0.15) is 9.29 Å². The van der Waals surface area contributed by atoms with Crippen LogP contribution in [0.2, 0.25) is 0 Å². The van der Waals surface area contributed by atoms with E-state index in [0.717, 1.165) is 36.6 Å². The molecule has 0 amide bonds. The van der Waals surface area contributed by atoms with Crippen LogP contribution in [0.1, 0.15) is 58.4 Å². The van der Waals surface area contributed by atoms with Crippen LogP contribution in [0.5, 0.6) is 0 Å². The molecule has 2 aromatic heterocycles. The molecule has 0 unspecified atom stereocenters. The molecule has 2 aliphatic rings. The van der Waals surface area contributed by atoms with Crippen LogP contribution in [-0.4, -0.2) is 46.4 Å². The van der Waals surface area contributed by atoms with Crippen LogP contribution in [0.4, 0.5) is 5.95 Å². The highest BCUT2D eigenvalue weighted by atomic mass is 32.2. The maximum absolute atomic E-state index is 12.5. The van der Waals surface area contributed by atoms with E-state index in [4.69, 9.17) is 0 Å². The molecular formula is C21H29N5O3S. The highest BCUT2D eigenvalue weighted by molar-refractivity contribution is 7.92. The Morgan fingerprint density at radius 2 is 1.83 bits per heavy atom. The largest absolute Gasteiger partial charge is 0.351 e. The summed E-state index contributed by atoms with van der Waals surface area (Å²) in [7, 11) is -3.35. The highest BCUT2D eigenvalue weighted by Crippen LogP contribution is 2.30. The van der Waals surface area contributed by atoms with Crippen LogP contribution in [0.3, 0.4) is 0 Å². The van der Waals surface area contributed by atoms with Crippen molar-refractivity contribution in [3.05, 3.63) is 39.7 Å². The fourth-order valence-corrected chi connectivity index (χ4v) is 5.90. The predicted molar refractivity (Wildman–Crippen MR) is 118 cm³/mol. The summed E-state index contributed by atoms with van der Waals surface area (Å²) in [6, 6.07) is 3.67. The van der Waals surface area contributed by atoms with Gasteiger partial charge in [0.1, 0.15) is 5.65 Å². The number of nitrogens with one attached hydrogen (secondary N) is 1. The third kappa shape index (κ3) is 4.41. The monoisotopic (exact) mass is 431 g/mol. The van der Waals surface area contributed by atoms with Gasteiger partial charge in [-0.25, -0.2) is 13.4 Å². The number of fused-ring (bicyclic) bond motifs is 1. The minimum Gasteiger partial charge on any atom is -0.351 e. The van der Waals surface area contributed by atoms with Crippen molar-refractivity contribution in [2.75, 3.05) is 18.4 Å². The van der Waals surface area contributed by atoms with Crippen molar-refractivity contribution in [3.8, 4) is 0 Å². The molecule has 30 heavy (non-hydrogen) atoms. The number of hydrogen-bond acceptors (Lipinski definition) is 6. The first kappa shape index (κ1) is 21.0. The molecule has 1 aliphatic heterocycles. The van der Waals surface area contributed by atoms with Gasteiger partial charge in [0.15, 0.2) is 0 Å². The van der Waals surface area contributed by atoms with Crippen molar-refractivity contribution < 1.29 is 8.42 Å². The van der Waals surface area contributed by atoms with Crippen molar-refractivity contribution in [2.45, 2.75) is 64.5 Å². The third-order valence-corrected chi connectivity index (χ3v) is 7.74.